The first-order valence-electron chi connectivity index (χ1n) is 11.4. The number of rotatable bonds is 7. The van der Waals surface area contributed by atoms with Crippen LogP contribution in [0.25, 0.3) is 22.5 Å². The van der Waals surface area contributed by atoms with Gasteiger partial charge in [-0.1, -0.05) is 12.1 Å². The van der Waals surface area contributed by atoms with Gasteiger partial charge in [0.15, 0.2) is 5.78 Å². The molecule has 2 aromatic carbocycles. The summed E-state index contributed by atoms with van der Waals surface area (Å²) in [5.41, 5.74) is 4.15. The number of nitrogens with zero attached hydrogens (tertiary/aromatic N) is 2. The number of aromatic amines is 1. The highest BCUT2D eigenvalue weighted by molar-refractivity contribution is 6.27. The predicted molar refractivity (Wildman–Crippen MR) is 128 cm³/mol. The molecule has 9 nitrogen and oxygen atoms in total. The number of hydrogen-bond donors (Lipinski definition) is 4. The highest BCUT2D eigenvalue weighted by Crippen LogP contribution is 2.43. The standard InChI is InChI=1S/C25H27N5O4/c1-34-16-7-5-15(6-8-16)22-21-23(29-28-22)17-3-2-4-18(20(17)24(21)32)27-25(33)19(9-14-31)30-12-10-26-11-13-30/h2-8,19,26,31H,9-14H2,1H3,(H,27,33)(H,28,29). The van der Waals surface area contributed by atoms with Gasteiger partial charge in [-0.3, -0.25) is 19.6 Å². The number of ether oxygens (including phenoxy) is 1. The van der Waals surface area contributed by atoms with Crippen molar-refractivity contribution in [2.45, 2.75) is 12.5 Å². The zero-order chi connectivity index (χ0) is 23.7. The lowest BCUT2D eigenvalue weighted by Crippen LogP contribution is -2.52. The largest absolute Gasteiger partial charge is 0.497 e. The van der Waals surface area contributed by atoms with Crippen molar-refractivity contribution in [3.05, 3.63) is 53.6 Å². The number of anilines is 1. The van der Waals surface area contributed by atoms with E-state index in [1.165, 1.54) is 0 Å². The number of H-pyrrole nitrogens is 1. The van der Waals surface area contributed by atoms with Gasteiger partial charge in [0.1, 0.15) is 11.4 Å². The maximum Gasteiger partial charge on any atom is 0.241 e. The molecule has 4 N–H and O–H groups in total. The quantitative estimate of drug-likeness (QED) is 0.332. The number of carbonyl (C=O) groups is 2. The lowest BCUT2D eigenvalue weighted by atomic mass is 10.0. The first-order valence-corrected chi connectivity index (χ1v) is 11.4. The predicted octanol–water partition coefficient (Wildman–Crippen LogP) is 1.89. The molecule has 5 rings (SSSR count). The lowest BCUT2D eigenvalue weighted by molar-refractivity contribution is -0.122. The molecule has 1 atom stereocenters. The number of methoxy groups -OCH3 is 1. The number of fused-ring (bicyclic) bond motifs is 3. The van der Waals surface area contributed by atoms with Crippen molar-refractivity contribution in [3.63, 3.8) is 0 Å². The molecule has 3 aromatic rings. The summed E-state index contributed by atoms with van der Waals surface area (Å²) in [6.45, 7) is 2.96. The highest BCUT2D eigenvalue weighted by atomic mass is 16.5. The van der Waals surface area contributed by atoms with Gasteiger partial charge in [0.25, 0.3) is 0 Å². The smallest absolute Gasteiger partial charge is 0.241 e. The molecule has 0 spiro atoms. The molecule has 9 heteroatoms. The van der Waals surface area contributed by atoms with Gasteiger partial charge < -0.3 is 20.5 Å². The van der Waals surface area contributed by atoms with Gasteiger partial charge in [-0.25, -0.2) is 0 Å². The third-order valence-electron chi connectivity index (χ3n) is 6.47. The minimum absolute atomic E-state index is 0.0880. The van der Waals surface area contributed by atoms with Crippen LogP contribution in [0.4, 0.5) is 5.69 Å². The van der Waals surface area contributed by atoms with Crippen LogP contribution in [0.5, 0.6) is 5.75 Å². The van der Waals surface area contributed by atoms with Crippen molar-refractivity contribution in [1.82, 2.24) is 20.4 Å². The second kappa shape index (κ2) is 9.38. The fourth-order valence-electron chi connectivity index (χ4n) is 4.76. The van der Waals surface area contributed by atoms with Crippen molar-refractivity contribution in [2.24, 2.45) is 0 Å². The van der Waals surface area contributed by atoms with Crippen LogP contribution in [0.1, 0.15) is 22.3 Å². The monoisotopic (exact) mass is 461 g/mol. The molecule has 176 valence electrons. The van der Waals surface area contributed by atoms with Crippen molar-refractivity contribution < 1.29 is 19.4 Å². The highest BCUT2D eigenvalue weighted by Gasteiger charge is 2.36. The fourth-order valence-corrected chi connectivity index (χ4v) is 4.76. The van der Waals surface area contributed by atoms with Crippen molar-refractivity contribution in [1.29, 1.82) is 0 Å². The Morgan fingerprint density at radius 2 is 1.94 bits per heavy atom. The summed E-state index contributed by atoms with van der Waals surface area (Å²) >= 11 is 0. The first-order chi connectivity index (χ1) is 16.6. The molecule has 2 heterocycles. The minimum Gasteiger partial charge on any atom is -0.497 e. The van der Waals surface area contributed by atoms with Crippen LogP contribution in [0.3, 0.4) is 0 Å². The number of hydrogen-bond acceptors (Lipinski definition) is 7. The van der Waals surface area contributed by atoms with Crippen molar-refractivity contribution in [2.75, 3.05) is 45.2 Å². The van der Waals surface area contributed by atoms with Gasteiger partial charge in [0.2, 0.25) is 5.91 Å². The van der Waals surface area contributed by atoms with E-state index >= 15 is 0 Å². The number of aliphatic hydroxyl groups excluding tert-OH is 1. The van der Waals surface area contributed by atoms with Gasteiger partial charge in [0.05, 0.1) is 35.7 Å². The molecule has 2 aliphatic rings. The summed E-state index contributed by atoms with van der Waals surface area (Å²) in [6, 6.07) is 12.3. The number of nitrogens with one attached hydrogen (secondary N) is 3. The second-order valence-electron chi connectivity index (χ2n) is 8.41. The fraction of sp³-hybridized carbons (Fsp3) is 0.320. The average molecular weight is 462 g/mol. The van der Waals surface area contributed by atoms with E-state index in [9.17, 15) is 14.7 Å². The normalized spacial score (nSPS) is 16.1. The zero-order valence-electron chi connectivity index (χ0n) is 18.9. The summed E-state index contributed by atoms with van der Waals surface area (Å²) < 4.78 is 5.23. The van der Waals surface area contributed by atoms with Crippen molar-refractivity contribution >= 4 is 17.4 Å². The number of aromatic nitrogens is 2. The maximum absolute atomic E-state index is 13.6. The Balaban J connectivity index is 1.45. The minimum atomic E-state index is -0.464. The molecule has 1 fully saturated rings. The van der Waals surface area contributed by atoms with E-state index < -0.39 is 6.04 Å². The van der Waals surface area contributed by atoms with Crippen LogP contribution < -0.4 is 15.4 Å². The second-order valence-corrected chi connectivity index (χ2v) is 8.41. The molecule has 1 aliphatic heterocycles. The summed E-state index contributed by atoms with van der Waals surface area (Å²) in [6.07, 6.45) is 0.333. The van der Waals surface area contributed by atoms with Gasteiger partial charge in [0, 0.05) is 43.9 Å². The molecule has 1 aromatic heterocycles. The number of aliphatic hydroxyl groups is 1. The number of amides is 1. The number of ketones is 1. The Kier molecular flexibility index (Phi) is 6.14. The number of carbonyl (C=O) groups excluding carboxylic acids is 2. The Hall–Kier alpha value is -3.53. The van der Waals surface area contributed by atoms with Crippen LogP contribution in [-0.4, -0.2) is 77.8 Å². The lowest BCUT2D eigenvalue weighted by Gasteiger charge is -2.33. The molecular formula is C25H27N5O4. The summed E-state index contributed by atoms with van der Waals surface area (Å²) in [5, 5.41) is 23.2. The topological polar surface area (TPSA) is 120 Å². The molecule has 1 unspecified atom stereocenters. The van der Waals surface area contributed by atoms with Crippen LogP contribution in [0, 0.1) is 0 Å². The van der Waals surface area contributed by atoms with Gasteiger partial charge >= 0.3 is 0 Å². The van der Waals surface area contributed by atoms with Crippen molar-refractivity contribution in [3.8, 4) is 28.3 Å². The Morgan fingerprint density at radius 1 is 1.18 bits per heavy atom. The van der Waals surface area contributed by atoms with Crippen LogP contribution in [0.2, 0.25) is 0 Å². The molecule has 0 radical (unpaired) electrons. The van der Waals surface area contributed by atoms with Gasteiger partial charge in [-0.15, -0.1) is 0 Å². The van der Waals surface area contributed by atoms with E-state index in [0.717, 1.165) is 37.5 Å². The molecule has 1 saturated heterocycles. The molecular weight excluding hydrogens is 434 g/mol. The Labute approximate surface area is 197 Å². The van der Waals surface area contributed by atoms with Crippen LogP contribution in [0.15, 0.2) is 42.5 Å². The molecule has 1 aliphatic carbocycles. The SMILES string of the molecule is COc1ccc(-c2n[nH]c3c2C(=O)c2c(NC(=O)C(CCO)N4CCNCC4)cccc2-3)cc1. The van der Waals surface area contributed by atoms with E-state index in [4.69, 9.17) is 4.74 Å². The Morgan fingerprint density at radius 3 is 2.65 bits per heavy atom. The van der Waals surface area contributed by atoms with E-state index in [-0.39, 0.29) is 18.3 Å². The van der Waals surface area contributed by atoms with E-state index in [0.29, 0.717) is 40.2 Å². The number of piperazine rings is 1. The zero-order valence-corrected chi connectivity index (χ0v) is 18.9. The van der Waals surface area contributed by atoms with Crippen LogP contribution >= 0.6 is 0 Å². The van der Waals surface area contributed by atoms with E-state index in [1.807, 2.05) is 36.4 Å². The number of benzene rings is 2. The Bertz CT molecular complexity index is 1210. The third-order valence-corrected chi connectivity index (χ3v) is 6.47. The molecule has 0 bridgehead atoms. The maximum atomic E-state index is 13.6. The molecule has 34 heavy (non-hydrogen) atoms. The summed E-state index contributed by atoms with van der Waals surface area (Å²) in [4.78, 5) is 28.9. The summed E-state index contributed by atoms with van der Waals surface area (Å²) in [5.74, 6) is 0.319. The molecule has 0 saturated carbocycles. The van der Waals surface area contributed by atoms with Gasteiger partial charge in [-0.05, 0) is 36.8 Å². The first kappa shape index (κ1) is 22.3. The third kappa shape index (κ3) is 3.87. The average Bonchev–Trinajstić information content (AvgIpc) is 3.43. The van der Waals surface area contributed by atoms with Crippen LogP contribution in [-0.2, 0) is 4.79 Å². The van der Waals surface area contributed by atoms with Gasteiger partial charge in [-0.2, -0.15) is 5.10 Å². The molecule has 1 amide bonds. The van der Waals surface area contributed by atoms with E-state index in [2.05, 4.69) is 25.7 Å². The van der Waals surface area contributed by atoms with E-state index in [1.54, 1.807) is 13.2 Å². The summed E-state index contributed by atoms with van der Waals surface area (Å²) in [7, 11) is 1.60.